The van der Waals surface area contributed by atoms with E-state index in [0.717, 1.165) is 6.92 Å². The van der Waals surface area contributed by atoms with Gasteiger partial charge in [-0.1, -0.05) is 17.7 Å². The topological polar surface area (TPSA) is 109 Å². The second-order valence-electron chi connectivity index (χ2n) is 7.13. The highest BCUT2D eigenvalue weighted by atomic mass is 35.5. The number of aromatic amines is 1. The van der Waals surface area contributed by atoms with Crippen LogP contribution in [0.15, 0.2) is 35.3 Å². The van der Waals surface area contributed by atoms with Crippen LogP contribution in [0.1, 0.15) is 28.5 Å². The maximum Gasteiger partial charge on any atom is 0.400 e. The first-order valence-corrected chi connectivity index (χ1v) is 9.09. The molecule has 3 rings (SSSR count). The van der Waals surface area contributed by atoms with Crippen molar-refractivity contribution in [2.75, 3.05) is 6.61 Å². The van der Waals surface area contributed by atoms with Crippen molar-refractivity contribution in [2.24, 2.45) is 5.73 Å². The second kappa shape index (κ2) is 7.41. The Labute approximate surface area is 173 Å². The van der Waals surface area contributed by atoms with E-state index in [9.17, 15) is 27.9 Å². The first-order chi connectivity index (χ1) is 13.9. The minimum absolute atomic E-state index is 0.0130. The van der Waals surface area contributed by atoms with Gasteiger partial charge in [-0.2, -0.15) is 13.2 Å². The third-order valence-corrected chi connectivity index (χ3v) is 5.43. The summed E-state index contributed by atoms with van der Waals surface area (Å²) in [5.41, 5.74) is 3.09. The summed E-state index contributed by atoms with van der Waals surface area (Å²) >= 11 is 6.17. The Bertz CT molecular complexity index is 1220. The molecule has 4 N–H and O–H groups in total. The van der Waals surface area contributed by atoms with E-state index in [-0.39, 0.29) is 32.9 Å². The lowest BCUT2D eigenvalue weighted by molar-refractivity contribution is -0.195. The van der Waals surface area contributed by atoms with E-state index in [0.29, 0.717) is 11.1 Å². The van der Waals surface area contributed by atoms with Crippen LogP contribution in [0.25, 0.3) is 22.2 Å². The molecule has 30 heavy (non-hydrogen) atoms. The molecule has 1 atom stereocenters. The summed E-state index contributed by atoms with van der Waals surface area (Å²) in [7, 11) is 0. The summed E-state index contributed by atoms with van der Waals surface area (Å²) in [5, 5.41) is 9.23. The van der Waals surface area contributed by atoms with E-state index >= 15 is 0 Å². The smallest absolute Gasteiger partial charge is 0.395 e. The highest BCUT2D eigenvalue weighted by Crippen LogP contribution is 2.44. The van der Waals surface area contributed by atoms with Gasteiger partial charge in [0.05, 0.1) is 23.2 Å². The van der Waals surface area contributed by atoms with Crippen molar-refractivity contribution in [1.29, 1.82) is 0 Å². The molecule has 1 amide bonds. The number of aliphatic hydroxyl groups is 1. The van der Waals surface area contributed by atoms with E-state index in [2.05, 4.69) is 9.97 Å². The molecule has 0 aliphatic rings. The molecule has 0 unspecified atom stereocenters. The Morgan fingerprint density at radius 3 is 2.53 bits per heavy atom. The van der Waals surface area contributed by atoms with Crippen LogP contribution < -0.4 is 11.2 Å². The monoisotopic (exact) mass is 439 g/mol. The number of alkyl halides is 3. The molecule has 0 aliphatic carbocycles. The van der Waals surface area contributed by atoms with Crippen LogP contribution in [-0.2, 0) is 5.41 Å². The van der Waals surface area contributed by atoms with Gasteiger partial charge in [0.25, 0.3) is 5.91 Å². The van der Waals surface area contributed by atoms with Crippen molar-refractivity contribution in [2.45, 2.75) is 25.4 Å². The molecule has 6 nitrogen and oxygen atoms in total. The number of carbonyl (C=O) groups excluding carboxylic acids is 1. The highest BCUT2D eigenvalue weighted by Gasteiger charge is 2.53. The molecule has 0 bridgehead atoms. The van der Waals surface area contributed by atoms with Crippen LogP contribution in [0.2, 0.25) is 5.02 Å². The number of halogens is 4. The van der Waals surface area contributed by atoms with Crippen LogP contribution in [0.5, 0.6) is 0 Å². The Kier molecular flexibility index (Phi) is 5.38. The molecule has 158 valence electrons. The van der Waals surface area contributed by atoms with Crippen molar-refractivity contribution in [3.8, 4) is 11.3 Å². The second-order valence-corrected chi connectivity index (χ2v) is 7.54. The molecule has 10 heteroatoms. The van der Waals surface area contributed by atoms with Crippen molar-refractivity contribution >= 4 is 28.4 Å². The summed E-state index contributed by atoms with van der Waals surface area (Å²) < 4.78 is 40.6. The summed E-state index contributed by atoms with van der Waals surface area (Å²) in [6.45, 7) is 1.25. The Hall–Kier alpha value is -2.91. The minimum atomic E-state index is -4.73. The van der Waals surface area contributed by atoms with Gasteiger partial charge in [-0.15, -0.1) is 0 Å². The molecular weight excluding hydrogens is 423 g/mol. The summed E-state index contributed by atoms with van der Waals surface area (Å²) in [6.07, 6.45) is -3.42. The molecule has 0 saturated carbocycles. The fraction of sp³-hybridized carbons (Fsp3) is 0.250. The summed E-state index contributed by atoms with van der Waals surface area (Å²) in [5.74, 6) is -0.863. The number of H-pyrrole nitrogens is 1. The van der Waals surface area contributed by atoms with Gasteiger partial charge in [-0.05, 0) is 37.1 Å². The minimum Gasteiger partial charge on any atom is -0.395 e. The zero-order valence-corrected chi connectivity index (χ0v) is 16.6. The maximum atomic E-state index is 13.5. The molecule has 2 heterocycles. The lowest BCUT2D eigenvalue weighted by atomic mass is 9.81. The quantitative estimate of drug-likeness (QED) is 0.578. The van der Waals surface area contributed by atoms with Gasteiger partial charge in [-0.25, -0.2) is 0 Å². The number of hydrogen-bond donors (Lipinski definition) is 3. The Morgan fingerprint density at radius 1 is 1.30 bits per heavy atom. The number of benzene rings is 1. The van der Waals surface area contributed by atoms with Crippen LogP contribution in [-0.4, -0.2) is 33.8 Å². The first-order valence-electron chi connectivity index (χ1n) is 8.71. The van der Waals surface area contributed by atoms with Gasteiger partial charge in [0.2, 0.25) is 0 Å². The maximum absolute atomic E-state index is 13.5. The fourth-order valence-corrected chi connectivity index (χ4v) is 3.63. The van der Waals surface area contributed by atoms with Gasteiger partial charge in [0.1, 0.15) is 11.1 Å². The van der Waals surface area contributed by atoms with E-state index in [1.54, 1.807) is 6.92 Å². The molecule has 0 spiro atoms. The number of nitrogens with one attached hydrogen (secondary N) is 1. The zero-order valence-electron chi connectivity index (χ0n) is 15.9. The van der Waals surface area contributed by atoms with Crippen LogP contribution in [0.3, 0.4) is 0 Å². The van der Waals surface area contributed by atoms with Gasteiger partial charge in [-0.3, -0.25) is 14.6 Å². The Balaban J connectivity index is 2.23. The molecule has 0 radical (unpaired) electrons. The van der Waals surface area contributed by atoms with Gasteiger partial charge in [0.15, 0.2) is 5.43 Å². The average Bonchev–Trinajstić information content (AvgIpc) is 2.67. The fourth-order valence-electron chi connectivity index (χ4n) is 3.25. The van der Waals surface area contributed by atoms with Crippen LogP contribution >= 0.6 is 11.6 Å². The van der Waals surface area contributed by atoms with Crippen molar-refractivity contribution in [3.05, 3.63) is 62.5 Å². The van der Waals surface area contributed by atoms with E-state index in [4.69, 9.17) is 17.3 Å². The summed E-state index contributed by atoms with van der Waals surface area (Å²) in [6, 6.07) is 5.22. The number of amides is 1. The normalized spacial score (nSPS) is 14.0. The molecule has 0 saturated heterocycles. The largest absolute Gasteiger partial charge is 0.400 e. The number of pyridine rings is 2. The molecule has 2 aromatic heterocycles. The molecular formula is C20H17ClF3N3O3. The number of fused-ring (bicyclic) bond motifs is 1. The number of nitrogens with zero attached hydrogens (tertiary/aromatic N) is 1. The lowest BCUT2D eigenvalue weighted by Gasteiger charge is -2.32. The number of carbonyl (C=O) groups is 1. The van der Waals surface area contributed by atoms with Crippen LogP contribution in [0, 0.1) is 6.92 Å². The number of primary amides is 1. The van der Waals surface area contributed by atoms with Gasteiger partial charge < -0.3 is 15.8 Å². The molecule has 1 aromatic carbocycles. The predicted molar refractivity (Wildman–Crippen MR) is 107 cm³/mol. The van der Waals surface area contributed by atoms with E-state index < -0.39 is 29.5 Å². The number of aromatic nitrogens is 2. The number of hydrogen-bond acceptors (Lipinski definition) is 4. The number of nitrogens with two attached hydrogens (primary N) is 1. The first kappa shape index (κ1) is 21.8. The SMILES string of the molecule is Cc1cc([C@](C)(CO)C(F)(F)F)c(Cl)cc1-c1cc(=O)c2c(C(N)=O)nccc2[nH]1. The van der Waals surface area contributed by atoms with Gasteiger partial charge >= 0.3 is 6.18 Å². The Morgan fingerprint density at radius 2 is 1.97 bits per heavy atom. The highest BCUT2D eigenvalue weighted by molar-refractivity contribution is 6.31. The average molecular weight is 440 g/mol. The number of aryl methyl sites for hydroxylation is 1. The van der Waals surface area contributed by atoms with Crippen molar-refractivity contribution < 1.29 is 23.1 Å². The third-order valence-electron chi connectivity index (χ3n) is 5.12. The van der Waals surface area contributed by atoms with Crippen molar-refractivity contribution in [1.82, 2.24) is 9.97 Å². The zero-order chi connectivity index (χ0) is 22.4. The van der Waals surface area contributed by atoms with Crippen LogP contribution in [0.4, 0.5) is 13.2 Å². The predicted octanol–water partition coefficient (Wildman–Crippen LogP) is 3.46. The standard InChI is InChI=1S/C20H17ClF3N3O3/c1-9-5-11(19(2,8-28)20(22,23)24)12(21)6-10(9)14-7-15(29)16-13(27-14)3-4-26-17(16)18(25)30/h3-7,28H,8H2,1-2H3,(H2,25,30)(H,27,29)/t19-/m0/s1. The lowest BCUT2D eigenvalue weighted by Crippen LogP contribution is -2.43. The molecule has 3 aromatic rings. The number of aliphatic hydroxyl groups excluding tert-OH is 1. The number of rotatable bonds is 4. The molecule has 0 fully saturated rings. The van der Waals surface area contributed by atoms with E-state index in [1.165, 1.54) is 30.5 Å². The van der Waals surface area contributed by atoms with Gasteiger partial charge in [0, 0.05) is 22.8 Å². The van der Waals surface area contributed by atoms with E-state index in [1.807, 2.05) is 0 Å². The summed E-state index contributed by atoms with van der Waals surface area (Å²) in [4.78, 5) is 31.0. The molecule has 0 aliphatic heterocycles. The van der Waals surface area contributed by atoms with Crippen molar-refractivity contribution in [3.63, 3.8) is 0 Å². The third kappa shape index (κ3) is 3.44.